The first-order valence-electron chi connectivity index (χ1n) is 3.43. The SMILES string of the molecule is CC=C(C)CCCC.[H-].[Na+]. The Morgan fingerprint density at radius 3 is 2.44 bits per heavy atom. The van der Waals surface area contributed by atoms with Crippen LogP contribution in [-0.4, -0.2) is 0 Å². The zero-order valence-corrected chi connectivity index (χ0v) is 9.20. The molecule has 0 atom stereocenters. The number of allylic oxidation sites excluding steroid dienone is 2. The van der Waals surface area contributed by atoms with Gasteiger partial charge < -0.3 is 1.43 Å². The van der Waals surface area contributed by atoms with Crippen LogP contribution in [-0.2, 0) is 0 Å². The Labute approximate surface area is 82.5 Å². The van der Waals surface area contributed by atoms with Crippen molar-refractivity contribution in [2.24, 2.45) is 0 Å². The molecule has 9 heavy (non-hydrogen) atoms. The molecule has 0 saturated carbocycles. The second kappa shape index (κ2) is 8.74. The first-order chi connectivity index (χ1) is 3.81. The molecule has 0 aliphatic carbocycles. The summed E-state index contributed by atoms with van der Waals surface area (Å²) in [4.78, 5) is 0. The zero-order chi connectivity index (χ0) is 6.41. The molecular weight excluding hydrogens is 119 g/mol. The minimum Gasteiger partial charge on any atom is -1.00 e. The third-order valence-corrected chi connectivity index (χ3v) is 1.42. The molecule has 0 spiro atoms. The summed E-state index contributed by atoms with van der Waals surface area (Å²) in [6.45, 7) is 6.52. The van der Waals surface area contributed by atoms with Gasteiger partial charge in [-0.1, -0.05) is 25.0 Å². The van der Waals surface area contributed by atoms with Crippen molar-refractivity contribution < 1.29 is 31.0 Å². The Balaban J connectivity index is -0.000000245. The molecule has 0 rings (SSSR count). The number of hydrogen-bond acceptors (Lipinski definition) is 0. The maximum Gasteiger partial charge on any atom is 1.00 e. The summed E-state index contributed by atoms with van der Waals surface area (Å²) < 4.78 is 0. The van der Waals surface area contributed by atoms with E-state index in [1.54, 1.807) is 0 Å². The first-order valence-corrected chi connectivity index (χ1v) is 3.43. The molecule has 0 fully saturated rings. The molecule has 1 heteroatoms. The molecule has 0 aliphatic rings. The van der Waals surface area contributed by atoms with Crippen LogP contribution in [0.5, 0.6) is 0 Å². The maximum absolute atomic E-state index is 2.23. The van der Waals surface area contributed by atoms with E-state index in [-0.39, 0.29) is 31.0 Å². The predicted octanol–water partition coefficient (Wildman–Crippen LogP) is 0.259. The van der Waals surface area contributed by atoms with Gasteiger partial charge in [0.05, 0.1) is 0 Å². The van der Waals surface area contributed by atoms with Crippen LogP contribution in [0.15, 0.2) is 11.6 Å². The molecule has 0 aromatic heterocycles. The van der Waals surface area contributed by atoms with Gasteiger partial charge in [-0.3, -0.25) is 0 Å². The fraction of sp³-hybridized carbons (Fsp3) is 0.750. The molecule has 0 aliphatic heterocycles. The average molecular weight is 136 g/mol. The molecule has 0 amide bonds. The average Bonchev–Trinajstić information content (AvgIpc) is 1.83. The van der Waals surface area contributed by atoms with Gasteiger partial charge in [0.2, 0.25) is 0 Å². The summed E-state index contributed by atoms with van der Waals surface area (Å²) in [6, 6.07) is 0. The molecular formula is C8H17Na. The largest absolute Gasteiger partial charge is 1.00 e. The monoisotopic (exact) mass is 136 g/mol. The Kier molecular flexibility index (Phi) is 12.1. The van der Waals surface area contributed by atoms with Crippen molar-refractivity contribution >= 4 is 0 Å². The Morgan fingerprint density at radius 2 is 2.11 bits per heavy atom. The van der Waals surface area contributed by atoms with E-state index in [1.807, 2.05) is 0 Å². The van der Waals surface area contributed by atoms with Crippen molar-refractivity contribution in [3.05, 3.63) is 11.6 Å². The first kappa shape index (κ1) is 12.4. The van der Waals surface area contributed by atoms with Crippen LogP contribution in [0.25, 0.3) is 0 Å². The third kappa shape index (κ3) is 8.74. The molecule has 0 heterocycles. The van der Waals surface area contributed by atoms with Gasteiger partial charge in [0.1, 0.15) is 0 Å². The third-order valence-electron chi connectivity index (χ3n) is 1.42. The zero-order valence-electron chi connectivity index (χ0n) is 8.20. The van der Waals surface area contributed by atoms with Crippen LogP contribution < -0.4 is 29.6 Å². The van der Waals surface area contributed by atoms with Crippen molar-refractivity contribution in [3.63, 3.8) is 0 Å². The summed E-state index contributed by atoms with van der Waals surface area (Å²) in [6.07, 6.45) is 6.13. The van der Waals surface area contributed by atoms with Gasteiger partial charge in [0.25, 0.3) is 0 Å². The summed E-state index contributed by atoms with van der Waals surface area (Å²) in [5, 5.41) is 0. The minimum absolute atomic E-state index is 0. The molecule has 0 N–H and O–H groups in total. The Morgan fingerprint density at radius 1 is 1.56 bits per heavy atom. The van der Waals surface area contributed by atoms with Gasteiger partial charge in [0.15, 0.2) is 0 Å². The van der Waals surface area contributed by atoms with Crippen molar-refractivity contribution in [1.82, 2.24) is 0 Å². The van der Waals surface area contributed by atoms with E-state index in [1.165, 1.54) is 24.8 Å². The number of unbranched alkanes of at least 4 members (excludes halogenated alkanes) is 1. The molecule has 0 saturated heterocycles. The normalized spacial score (nSPS) is 10.8. The molecule has 0 nitrogen and oxygen atoms in total. The van der Waals surface area contributed by atoms with E-state index in [0.717, 1.165) is 0 Å². The summed E-state index contributed by atoms with van der Waals surface area (Å²) >= 11 is 0. The van der Waals surface area contributed by atoms with Crippen molar-refractivity contribution in [2.75, 3.05) is 0 Å². The smallest absolute Gasteiger partial charge is 1.00 e. The van der Waals surface area contributed by atoms with Crippen LogP contribution in [0.3, 0.4) is 0 Å². The topological polar surface area (TPSA) is 0 Å². The summed E-state index contributed by atoms with van der Waals surface area (Å²) in [5.74, 6) is 0. The van der Waals surface area contributed by atoms with E-state index >= 15 is 0 Å². The fourth-order valence-corrected chi connectivity index (χ4v) is 0.600. The second-order valence-corrected chi connectivity index (χ2v) is 2.24. The van der Waals surface area contributed by atoms with Gasteiger partial charge in [-0.15, -0.1) is 0 Å². The van der Waals surface area contributed by atoms with Gasteiger partial charge in [-0.2, -0.15) is 0 Å². The van der Waals surface area contributed by atoms with E-state index in [9.17, 15) is 0 Å². The molecule has 0 unspecified atom stereocenters. The number of hydrogen-bond donors (Lipinski definition) is 0. The fourth-order valence-electron chi connectivity index (χ4n) is 0.600. The quantitative estimate of drug-likeness (QED) is 0.385. The standard InChI is InChI=1S/C8H16.Na.H/c1-4-6-7-8(3)5-2;;/h5H,4,6-7H2,1-3H3;;/q;+1;-1. The van der Waals surface area contributed by atoms with Gasteiger partial charge in [0, 0.05) is 0 Å². The van der Waals surface area contributed by atoms with Crippen molar-refractivity contribution in [1.29, 1.82) is 0 Å². The molecule has 0 aromatic rings. The Hall–Kier alpha value is 0.740. The van der Waals surface area contributed by atoms with Gasteiger partial charge in [-0.05, 0) is 26.7 Å². The second-order valence-electron chi connectivity index (χ2n) is 2.24. The predicted molar refractivity (Wildman–Crippen MR) is 40.1 cm³/mol. The van der Waals surface area contributed by atoms with Crippen LogP contribution in [0.4, 0.5) is 0 Å². The van der Waals surface area contributed by atoms with E-state index in [0.29, 0.717) is 0 Å². The van der Waals surface area contributed by atoms with E-state index in [2.05, 4.69) is 26.8 Å². The summed E-state index contributed by atoms with van der Waals surface area (Å²) in [7, 11) is 0. The molecule has 0 radical (unpaired) electrons. The van der Waals surface area contributed by atoms with E-state index in [4.69, 9.17) is 0 Å². The van der Waals surface area contributed by atoms with Crippen molar-refractivity contribution in [2.45, 2.75) is 40.0 Å². The van der Waals surface area contributed by atoms with Crippen LogP contribution in [0.1, 0.15) is 41.5 Å². The Bertz CT molecular complexity index is 79.3. The van der Waals surface area contributed by atoms with Crippen LogP contribution >= 0.6 is 0 Å². The maximum atomic E-state index is 2.23. The minimum atomic E-state index is 0. The summed E-state index contributed by atoms with van der Waals surface area (Å²) in [5.41, 5.74) is 1.52. The molecule has 50 valence electrons. The number of rotatable bonds is 3. The van der Waals surface area contributed by atoms with Crippen molar-refractivity contribution in [3.8, 4) is 0 Å². The van der Waals surface area contributed by atoms with Crippen LogP contribution in [0.2, 0.25) is 0 Å². The van der Waals surface area contributed by atoms with Gasteiger partial charge in [-0.25, -0.2) is 0 Å². The van der Waals surface area contributed by atoms with E-state index < -0.39 is 0 Å². The molecule has 0 aromatic carbocycles. The van der Waals surface area contributed by atoms with Crippen LogP contribution in [0, 0.1) is 0 Å². The van der Waals surface area contributed by atoms with Gasteiger partial charge >= 0.3 is 29.6 Å². The molecule has 0 bridgehead atoms.